The molecule has 0 radical (unpaired) electrons. The van der Waals surface area contributed by atoms with E-state index in [-0.39, 0.29) is 16.5 Å². The van der Waals surface area contributed by atoms with Crippen molar-refractivity contribution in [2.45, 2.75) is 0 Å². The van der Waals surface area contributed by atoms with Crippen LogP contribution in [0.25, 0.3) is 0 Å². The van der Waals surface area contributed by atoms with Crippen LogP contribution in [-0.2, 0) is 0 Å². The molecule has 0 unspecified atom stereocenters. The number of nitrogens with two attached hydrogens (primary N) is 2. The number of benzene rings is 1. The number of carbonyl (C=O) groups is 1. The number of hydrogen-bond donors (Lipinski definition) is 2. The summed E-state index contributed by atoms with van der Waals surface area (Å²) in [5.41, 5.74) is 9.68. The maximum absolute atomic E-state index is 13.0. The highest BCUT2D eigenvalue weighted by Crippen LogP contribution is 2.27. The number of rotatable bonds is 1. The first-order valence-corrected chi connectivity index (χ1v) is 3.60. The molecule has 13 heavy (non-hydrogen) atoms. The molecule has 1 amide bonds. The van der Waals surface area contributed by atoms with Gasteiger partial charge >= 0.3 is 6.09 Å². The van der Waals surface area contributed by atoms with Crippen LogP contribution in [0.3, 0.4) is 0 Å². The third kappa shape index (κ3) is 2.22. The highest BCUT2D eigenvalue weighted by Gasteiger charge is 2.11. The van der Waals surface area contributed by atoms with Gasteiger partial charge in [-0.05, 0) is 6.07 Å². The predicted octanol–water partition coefficient (Wildman–Crippen LogP) is 1.52. The van der Waals surface area contributed by atoms with Crippen LogP contribution in [-0.4, -0.2) is 6.09 Å². The lowest BCUT2D eigenvalue weighted by molar-refractivity contribution is 0.209. The van der Waals surface area contributed by atoms with E-state index in [4.69, 9.17) is 17.3 Å². The number of carbonyl (C=O) groups excluding carboxylic acids is 1. The Morgan fingerprint density at radius 1 is 1.54 bits per heavy atom. The van der Waals surface area contributed by atoms with Gasteiger partial charge in [-0.1, -0.05) is 11.6 Å². The molecule has 4 nitrogen and oxygen atoms in total. The van der Waals surface area contributed by atoms with Crippen molar-refractivity contribution in [3.8, 4) is 5.75 Å². The molecule has 6 heteroatoms. The standard InChI is InChI=1S/C7H6ClFN2O2/c8-3-1-4(10)6(9)5(2-3)13-7(11)12/h1-2H,10H2,(H2,11,12). The smallest absolute Gasteiger partial charge is 0.407 e. The minimum absolute atomic E-state index is 0.162. The van der Waals surface area contributed by atoms with E-state index < -0.39 is 11.9 Å². The summed E-state index contributed by atoms with van der Waals surface area (Å²) in [4.78, 5) is 10.3. The summed E-state index contributed by atoms with van der Waals surface area (Å²) >= 11 is 5.53. The van der Waals surface area contributed by atoms with Crippen LogP contribution in [0.1, 0.15) is 0 Å². The molecule has 0 heterocycles. The van der Waals surface area contributed by atoms with Crippen molar-refractivity contribution in [2.75, 3.05) is 5.73 Å². The maximum atomic E-state index is 13.0. The molecule has 1 aromatic rings. The summed E-state index contributed by atoms with van der Waals surface area (Å²) in [5, 5.41) is 0.162. The first kappa shape index (κ1) is 9.60. The topological polar surface area (TPSA) is 78.3 Å². The van der Waals surface area contributed by atoms with Crippen LogP contribution < -0.4 is 16.2 Å². The van der Waals surface area contributed by atoms with Crippen molar-refractivity contribution in [3.05, 3.63) is 23.0 Å². The molecular formula is C7H6ClFN2O2. The minimum atomic E-state index is -1.12. The Labute approximate surface area is 78.2 Å². The van der Waals surface area contributed by atoms with E-state index >= 15 is 0 Å². The third-order valence-electron chi connectivity index (χ3n) is 1.24. The van der Waals surface area contributed by atoms with Crippen LogP contribution in [0.4, 0.5) is 14.9 Å². The van der Waals surface area contributed by atoms with Crippen molar-refractivity contribution in [1.82, 2.24) is 0 Å². The van der Waals surface area contributed by atoms with Crippen molar-refractivity contribution >= 4 is 23.4 Å². The van der Waals surface area contributed by atoms with E-state index in [0.29, 0.717) is 0 Å². The van der Waals surface area contributed by atoms with E-state index in [1.165, 1.54) is 6.07 Å². The molecule has 0 atom stereocenters. The molecule has 0 aliphatic heterocycles. The molecule has 4 N–H and O–H groups in total. The Hall–Kier alpha value is -1.49. The van der Waals surface area contributed by atoms with Crippen LogP contribution in [0.2, 0.25) is 5.02 Å². The number of hydrogen-bond acceptors (Lipinski definition) is 3. The number of primary amides is 1. The van der Waals surface area contributed by atoms with Gasteiger partial charge in [0.15, 0.2) is 11.6 Å². The Balaban J connectivity index is 3.12. The molecule has 0 aliphatic rings. The average molecular weight is 205 g/mol. The second-order valence-electron chi connectivity index (χ2n) is 2.23. The van der Waals surface area contributed by atoms with Crippen LogP contribution >= 0.6 is 11.6 Å². The van der Waals surface area contributed by atoms with Crippen molar-refractivity contribution in [3.63, 3.8) is 0 Å². The summed E-state index contributed by atoms with van der Waals surface area (Å²) in [5.74, 6) is -1.24. The Morgan fingerprint density at radius 2 is 2.15 bits per heavy atom. The lowest BCUT2D eigenvalue weighted by Crippen LogP contribution is -2.17. The molecule has 1 aromatic carbocycles. The summed E-state index contributed by atoms with van der Waals surface area (Å²) in [6.45, 7) is 0. The first-order valence-electron chi connectivity index (χ1n) is 3.22. The molecule has 0 saturated heterocycles. The van der Waals surface area contributed by atoms with Crippen LogP contribution in [0.15, 0.2) is 12.1 Å². The number of amides is 1. The zero-order valence-electron chi connectivity index (χ0n) is 6.38. The molecule has 0 fully saturated rings. The monoisotopic (exact) mass is 204 g/mol. The number of anilines is 1. The molecule has 0 spiro atoms. The van der Waals surface area contributed by atoms with Gasteiger partial charge in [-0.3, -0.25) is 0 Å². The van der Waals surface area contributed by atoms with Gasteiger partial charge in [-0.2, -0.15) is 0 Å². The third-order valence-corrected chi connectivity index (χ3v) is 1.46. The first-order chi connectivity index (χ1) is 6.00. The van der Waals surface area contributed by atoms with E-state index in [1.807, 2.05) is 0 Å². The predicted molar refractivity (Wildman–Crippen MR) is 46.0 cm³/mol. The fourth-order valence-corrected chi connectivity index (χ4v) is 0.984. The van der Waals surface area contributed by atoms with Crippen molar-refractivity contribution in [2.24, 2.45) is 5.73 Å². The molecule has 70 valence electrons. The van der Waals surface area contributed by atoms with Gasteiger partial charge < -0.3 is 16.2 Å². The number of halogens is 2. The highest BCUT2D eigenvalue weighted by atomic mass is 35.5. The Morgan fingerprint density at radius 3 is 2.69 bits per heavy atom. The number of ether oxygens (including phenoxy) is 1. The van der Waals surface area contributed by atoms with Crippen LogP contribution in [0, 0.1) is 5.82 Å². The van der Waals surface area contributed by atoms with E-state index in [2.05, 4.69) is 10.5 Å². The molecule has 0 saturated carbocycles. The second-order valence-corrected chi connectivity index (χ2v) is 2.66. The summed E-state index contributed by atoms with van der Waals surface area (Å²) in [7, 11) is 0. The SMILES string of the molecule is NC(=O)Oc1cc(Cl)cc(N)c1F. The second kappa shape index (κ2) is 3.49. The fraction of sp³-hybridized carbons (Fsp3) is 0. The van der Waals surface area contributed by atoms with E-state index in [0.717, 1.165) is 6.07 Å². The van der Waals surface area contributed by atoms with Gasteiger partial charge in [0, 0.05) is 11.1 Å². The van der Waals surface area contributed by atoms with Crippen molar-refractivity contribution < 1.29 is 13.9 Å². The van der Waals surface area contributed by atoms with E-state index in [9.17, 15) is 9.18 Å². The molecule has 0 aromatic heterocycles. The Bertz CT molecular complexity index is 357. The molecule has 0 aliphatic carbocycles. The zero-order chi connectivity index (χ0) is 10.0. The van der Waals surface area contributed by atoms with E-state index in [1.54, 1.807) is 0 Å². The normalized spacial score (nSPS) is 9.69. The zero-order valence-corrected chi connectivity index (χ0v) is 7.14. The largest absolute Gasteiger partial charge is 0.410 e. The maximum Gasteiger partial charge on any atom is 0.410 e. The lowest BCUT2D eigenvalue weighted by atomic mass is 10.3. The highest BCUT2D eigenvalue weighted by molar-refractivity contribution is 6.31. The number of nitrogen functional groups attached to an aromatic ring is 1. The molecule has 1 rings (SSSR count). The van der Waals surface area contributed by atoms with Gasteiger partial charge in [-0.25, -0.2) is 9.18 Å². The van der Waals surface area contributed by atoms with Gasteiger partial charge in [0.25, 0.3) is 0 Å². The quantitative estimate of drug-likeness (QED) is 0.681. The summed E-state index contributed by atoms with van der Waals surface area (Å²) < 4.78 is 17.3. The lowest BCUT2D eigenvalue weighted by Gasteiger charge is -2.04. The minimum Gasteiger partial charge on any atom is -0.407 e. The summed E-state index contributed by atoms with van der Waals surface area (Å²) in [6.07, 6.45) is -1.12. The van der Waals surface area contributed by atoms with Gasteiger partial charge in [-0.15, -0.1) is 0 Å². The average Bonchev–Trinajstić information content (AvgIpc) is 1.98. The van der Waals surface area contributed by atoms with Crippen molar-refractivity contribution in [1.29, 1.82) is 0 Å². The fourth-order valence-electron chi connectivity index (χ4n) is 0.767. The molecule has 0 bridgehead atoms. The summed E-state index contributed by atoms with van der Waals surface area (Å²) in [6, 6.07) is 2.31. The van der Waals surface area contributed by atoms with Gasteiger partial charge in [0.1, 0.15) is 0 Å². The van der Waals surface area contributed by atoms with Gasteiger partial charge in [0.2, 0.25) is 0 Å². The van der Waals surface area contributed by atoms with Crippen LogP contribution in [0.5, 0.6) is 5.75 Å². The molecular weight excluding hydrogens is 199 g/mol. The Kier molecular flexibility index (Phi) is 2.57. The van der Waals surface area contributed by atoms with Gasteiger partial charge in [0.05, 0.1) is 5.69 Å².